The normalized spacial score (nSPS) is 10.9. The quantitative estimate of drug-likeness (QED) is 0.0861. The van der Waals surface area contributed by atoms with E-state index < -0.39 is 40.6 Å². The number of hydrogen-bond acceptors (Lipinski definition) is 24. The number of rotatable bonds is 15. The van der Waals surface area contributed by atoms with Gasteiger partial charge in [-0.15, -0.1) is 0 Å². The number of nitriles is 5. The number of hydrogen-bond donors (Lipinski definition) is 0. The van der Waals surface area contributed by atoms with Crippen molar-refractivity contribution >= 4 is 84.4 Å². The maximum atomic E-state index is 13.9. The van der Waals surface area contributed by atoms with Crippen molar-refractivity contribution < 1.29 is 53.3 Å². The predicted molar refractivity (Wildman–Crippen MR) is 491 cm³/mol. The van der Waals surface area contributed by atoms with Crippen molar-refractivity contribution in [2.75, 3.05) is 59.7 Å². The van der Waals surface area contributed by atoms with Crippen LogP contribution in [0.4, 0.5) is 87.6 Å². The van der Waals surface area contributed by atoms with Gasteiger partial charge >= 0.3 is 12.4 Å². The van der Waals surface area contributed by atoms with Gasteiger partial charge in [0.15, 0.2) is 28.6 Å². The maximum absolute atomic E-state index is 13.9. The molecule has 6 aromatic carbocycles. The van der Waals surface area contributed by atoms with E-state index in [0.29, 0.717) is 43.8 Å². The highest BCUT2D eigenvalue weighted by atomic mass is 79.9. The molecule has 0 spiro atoms. The van der Waals surface area contributed by atoms with E-state index in [0.717, 1.165) is 175 Å². The van der Waals surface area contributed by atoms with Crippen molar-refractivity contribution in [3.63, 3.8) is 0 Å². The predicted octanol–water partition coefficient (Wildman–Crippen LogP) is 25.7. The number of halogens is 9. The van der Waals surface area contributed by atoms with E-state index in [4.69, 9.17) is 60.5 Å². The van der Waals surface area contributed by atoms with Crippen LogP contribution < -0.4 is 24.5 Å². The number of pyridine rings is 4. The molecule has 24 nitrogen and oxygen atoms in total. The van der Waals surface area contributed by atoms with Gasteiger partial charge < -0.3 is 47.1 Å². The monoisotopic (exact) mass is 1860 g/mol. The van der Waals surface area contributed by atoms with Gasteiger partial charge in [-0.2, -0.15) is 52.7 Å². The molecule has 0 unspecified atom stereocenters. The summed E-state index contributed by atoms with van der Waals surface area (Å²) in [5.74, 6) is 3.05. The summed E-state index contributed by atoms with van der Waals surface area (Å²) < 4.78 is 121. The molecule has 9 aromatic heterocycles. The van der Waals surface area contributed by atoms with Gasteiger partial charge in [0.2, 0.25) is 0 Å². The van der Waals surface area contributed by atoms with Crippen LogP contribution in [0.25, 0.3) is 55.6 Å². The SMILES string of the molecule is Cc1ccc(-c2c(C)noc2C)cc1N(C)c1ccc(C#N)c(C(F)(F)F)c1.Cc1ccc(-c2c(C)noc2C)cc1N(C)c1cnc(C#N)c(Br)c1.Cc1ccc(-c2c(C)noc2C)cc1N(C)c1cnc(C#N)c(C(F)(F)F)c1.Cc1ccc(-c2c(C)noc2C)cc1N(C)c1cnc(C#N)c(Cl)c1.Cc1ccc(-c2c(C)noc2C)cc1N(C)c1cnc(C#N)c(F)c1. The van der Waals surface area contributed by atoms with Crippen LogP contribution in [0.1, 0.15) is 125 Å². The molecule has 0 amide bonds. The second-order valence-electron chi connectivity index (χ2n) is 30.7. The fourth-order valence-electron chi connectivity index (χ4n) is 14.9. The third kappa shape index (κ3) is 21.3. The van der Waals surface area contributed by atoms with Gasteiger partial charge in [0.1, 0.15) is 53.1 Å². The molecule has 0 saturated carbocycles. The molecule has 15 aromatic rings. The Morgan fingerprint density at radius 3 is 0.847 bits per heavy atom. The summed E-state index contributed by atoms with van der Waals surface area (Å²) in [6.45, 7) is 28.6. The molecule has 0 radical (unpaired) electrons. The molecule has 0 bridgehead atoms. The van der Waals surface area contributed by atoms with E-state index >= 15 is 0 Å². The zero-order chi connectivity index (χ0) is 95.7. The molecule has 666 valence electrons. The Balaban J connectivity index is 0.000000158. The summed E-state index contributed by atoms with van der Waals surface area (Å²) in [6.07, 6.45) is -3.17. The number of alkyl halides is 6. The van der Waals surface area contributed by atoms with E-state index in [1.807, 2.05) is 188 Å². The van der Waals surface area contributed by atoms with Gasteiger partial charge in [0.05, 0.1) is 108 Å². The molecule has 0 atom stereocenters. The first-order valence-corrected chi connectivity index (χ1v) is 41.3. The highest BCUT2D eigenvalue weighted by Crippen LogP contribution is 2.44. The first-order chi connectivity index (χ1) is 62.0. The highest BCUT2D eigenvalue weighted by Gasteiger charge is 2.37. The lowest BCUT2D eigenvalue weighted by Gasteiger charge is -2.24. The maximum Gasteiger partial charge on any atom is 0.419 e. The molecule has 0 aliphatic heterocycles. The van der Waals surface area contributed by atoms with Crippen LogP contribution >= 0.6 is 27.5 Å². The van der Waals surface area contributed by atoms with Crippen molar-refractivity contribution in [1.82, 2.24) is 45.7 Å². The van der Waals surface area contributed by atoms with Crippen LogP contribution in [0.5, 0.6) is 0 Å². The van der Waals surface area contributed by atoms with Gasteiger partial charge in [-0.05, 0) is 242 Å². The molecule has 9 heterocycles. The lowest BCUT2D eigenvalue weighted by Crippen LogP contribution is -2.15. The van der Waals surface area contributed by atoms with Crippen molar-refractivity contribution in [3.05, 3.63) is 298 Å². The lowest BCUT2D eigenvalue weighted by molar-refractivity contribution is -0.138. The number of aromatic nitrogens is 9. The Morgan fingerprint density at radius 2 is 0.580 bits per heavy atom. The largest absolute Gasteiger partial charge is 0.419 e. The summed E-state index contributed by atoms with van der Waals surface area (Å²) in [5.41, 5.74) is 23.2. The summed E-state index contributed by atoms with van der Waals surface area (Å²) in [5, 5.41) is 65.1. The topological polar surface area (TPSA) is 317 Å². The average molecular weight is 1860 g/mol. The molecule has 0 aliphatic carbocycles. The molecule has 131 heavy (non-hydrogen) atoms. The van der Waals surface area contributed by atoms with E-state index in [1.165, 1.54) is 36.7 Å². The number of benzene rings is 6. The van der Waals surface area contributed by atoms with Crippen LogP contribution in [0, 0.1) is 166 Å². The van der Waals surface area contributed by atoms with Crippen molar-refractivity contribution in [2.24, 2.45) is 0 Å². The number of nitrogens with zero attached hydrogens (tertiary/aromatic N) is 19. The Labute approximate surface area is 765 Å². The lowest BCUT2D eigenvalue weighted by atomic mass is 10.0. The minimum Gasteiger partial charge on any atom is -0.361 e. The number of aryl methyl sites for hydroxylation is 15. The summed E-state index contributed by atoms with van der Waals surface area (Å²) in [7, 11) is 9.11. The standard InChI is InChI=1S/C21H18F3N3O.C20H17F3N4O.C19H17BrN4O.C19H17ClN4O.C19H17FN4O/c1-12-5-6-15(20-13(2)26-28-14(20)3)9-19(12)27(4)17-8-7-16(11-25)18(10-17)21(22,23)24;1-11-5-6-14(19-12(2)26-28-13(19)3)7-18(11)27(4)15-8-16(20(21,22)23)17(9-24)25-10-15;3*1-11-5-6-14(19-12(2)23-25-13(19)3)7-18(11)24(4)15-8-16(20)17(9-21)22-10-15/h5-10H,1-4H3;5-8,10H,1-4H3;3*5-8,10H,1-4H3. The van der Waals surface area contributed by atoms with Gasteiger partial charge in [0.25, 0.3) is 0 Å². The van der Waals surface area contributed by atoms with Gasteiger partial charge in [0, 0.05) is 103 Å². The van der Waals surface area contributed by atoms with Gasteiger partial charge in [-0.1, -0.05) is 98.0 Å². The Bertz CT molecular complexity index is 6400. The Hall–Kier alpha value is -15.3. The van der Waals surface area contributed by atoms with Crippen molar-refractivity contribution in [1.29, 1.82) is 26.3 Å². The van der Waals surface area contributed by atoms with Crippen molar-refractivity contribution in [3.8, 4) is 86.0 Å². The third-order valence-corrected chi connectivity index (χ3v) is 22.8. The van der Waals surface area contributed by atoms with Crippen LogP contribution in [0.3, 0.4) is 0 Å². The third-order valence-electron chi connectivity index (χ3n) is 21.9. The second kappa shape index (κ2) is 40.3. The van der Waals surface area contributed by atoms with E-state index in [9.17, 15) is 30.7 Å². The Kier molecular flexibility index (Phi) is 29.7. The van der Waals surface area contributed by atoms with Crippen LogP contribution in [-0.2, 0) is 12.4 Å². The molecule has 33 heteroatoms. The minimum absolute atomic E-state index is 0.210. The molecule has 0 fully saturated rings. The molecule has 15 rings (SSSR count). The fourth-order valence-corrected chi connectivity index (χ4v) is 15.5. The smallest absolute Gasteiger partial charge is 0.361 e. The Morgan fingerprint density at radius 1 is 0.313 bits per heavy atom. The fraction of sp³-hybridized carbons (Fsp3) is 0.224. The average Bonchev–Trinajstić information content (AvgIpc) is 1.77. The minimum atomic E-state index is -4.66. The van der Waals surface area contributed by atoms with Crippen LogP contribution in [-0.4, -0.2) is 81.0 Å². The summed E-state index contributed by atoms with van der Waals surface area (Å²) >= 11 is 9.52. The van der Waals surface area contributed by atoms with Crippen LogP contribution in [0.2, 0.25) is 5.02 Å². The van der Waals surface area contributed by atoms with E-state index in [-0.39, 0.29) is 17.1 Å². The molecule has 0 aliphatic rings. The zero-order valence-electron chi connectivity index (χ0n) is 75.0. The highest BCUT2D eigenvalue weighted by molar-refractivity contribution is 9.10. The first-order valence-electron chi connectivity index (χ1n) is 40.2. The first kappa shape index (κ1) is 96.3. The van der Waals surface area contributed by atoms with E-state index in [2.05, 4.69) is 116 Å². The van der Waals surface area contributed by atoms with Gasteiger partial charge in [-0.25, -0.2) is 24.3 Å². The summed E-state index contributed by atoms with van der Waals surface area (Å²) in [4.78, 5) is 25.1. The molecule has 0 saturated heterocycles. The molecular formula is C98H86BrClF7N19O5. The number of anilines is 10. The van der Waals surface area contributed by atoms with E-state index in [1.54, 1.807) is 61.4 Å². The zero-order valence-corrected chi connectivity index (χ0v) is 77.3. The summed E-state index contributed by atoms with van der Waals surface area (Å²) in [6, 6.07) is 48.4. The molecular weight excluding hydrogens is 1770 g/mol. The van der Waals surface area contributed by atoms with Crippen LogP contribution in [0.15, 0.2) is 185 Å². The molecule has 0 N–H and O–H groups in total. The van der Waals surface area contributed by atoms with Gasteiger partial charge in [-0.3, -0.25) is 0 Å². The second-order valence-corrected chi connectivity index (χ2v) is 32.0. The van der Waals surface area contributed by atoms with Crippen molar-refractivity contribution in [2.45, 2.75) is 116 Å².